The van der Waals surface area contributed by atoms with E-state index in [1.807, 2.05) is 24.3 Å². The number of carbonyl (C=O) groups is 3. The molecule has 0 unspecified atom stereocenters. The predicted molar refractivity (Wildman–Crippen MR) is 109 cm³/mol. The number of benzene rings is 2. The smallest absolute Gasteiger partial charge is 0.251 e. The molecule has 0 saturated heterocycles. The van der Waals surface area contributed by atoms with Gasteiger partial charge in [-0.15, -0.1) is 0 Å². The second-order valence-corrected chi connectivity index (χ2v) is 7.72. The Morgan fingerprint density at radius 2 is 1.57 bits per heavy atom. The number of carbonyl (C=O) groups excluding carboxylic acids is 3. The monoisotopic (exact) mass is 381 g/mol. The summed E-state index contributed by atoms with van der Waals surface area (Å²) in [5, 5.41) is 5.12. The van der Waals surface area contributed by atoms with Crippen LogP contribution in [0.4, 0.5) is 0 Å². The minimum Gasteiger partial charge on any atom is -0.368 e. The van der Waals surface area contributed by atoms with E-state index in [1.54, 1.807) is 30.3 Å². The van der Waals surface area contributed by atoms with Crippen molar-refractivity contribution in [3.05, 3.63) is 71.3 Å². The number of nitrogens with one attached hydrogen (secondary N) is 2. The van der Waals surface area contributed by atoms with Gasteiger partial charge in [-0.3, -0.25) is 14.4 Å². The summed E-state index contributed by atoms with van der Waals surface area (Å²) in [5.74, 6) is -1.45. The normalized spacial score (nSPS) is 12.1. The first-order chi connectivity index (χ1) is 13.2. The topological polar surface area (TPSA) is 101 Å². The molecule has 2 rings (SSSR count). The summed E-state index contributed by atoms with van der Waals surface area (Å²) in [6.07, 6.45) is 0.290. The number of rotatable bonds is 7. The molecule has 148 valence electrons. The Morgan fingerprint density at radius 1 is 0.964 bits per heavy atom. The molecule has 28 heavy (non-hydrogen) atoms. The van der Waals surface area contributed by atoms with Crippen molar-refractivity contribution < 1.29 is 14.4 Å². The number of hydrogen-bond acceptors (Lipinski definition) is 3. The van der Waals surface area contributed by atoms with Gasteiger partial charge in [0.25, 0.3) is 5.91 Å². The van der Waals surface area contributed by atoms with Gasteiger partial charge < -0.3 is 16.4 Å². The Labute approximate surface area is 165 Å². The van der Waals surface area contributed by atoms with Crippen LogP contribution >= 0.6 is 0 Å². The van der Waals surface area contributed by atoms with Crippen LogP contribution in [0.1, 0.15) is 42.3 Å². The summed E-state index contributed by atoms with van der Waals surface area (Å²) in [7, 11) is 0. The zero-order valence-corrected chi connectivity index (χ0v) is 16.5. The summed E-state index contributed by atoms with van der Waals surface area (Å²) in [4.78, 5) is 35.9. The Kier molecular flexibility index (Phi) is 6.93. The van der Waals surface area contributed by atoms with Crippen LogP contribution in [-0.2, 0) is 21.4 Å². The SMILES string of the molecule is CC(C)(C)c1ccc(C[C@H](NC(=O)CNC(=O)c2ccccc2)C(N)=O)cc1. The van der Waals surface area contributed by atoms with Crippen molar-refractivity contribution >= 4 is 17.7 Å². The molecule has 0 aliphatic carbocycles. The van der Waals surface area contributed by atoms with Crippen LogP contribution in [0.15, 0.2) is 54.6 Å². The Hall–Kier alpha value is -3.15. The van der Waals surface area contributed by atoms with Crippen LogP contribution in [0.5, 0.6) is 0 Å². The average molecular weight is 381 g/mol. The maximum absolute atomic E-state index is 12.1. The Morgan fingerprint density at radius 3 is 2.11 bits per heavy atom. The van der Waals surface area contributed by atoms with Gasteiger partial charge >= 0.3 is 0 Å². The summed E-state index contributed by atoms with van der Waals surface area (Å²) in [6.45, 7) is 6.13. The molecule has 0 fully saturated rings. The van der Waals surface area contributed by atoms with Crippen molar-refractivity contribution in [1.82, 2.24) is 10.6 Å². The lowest BCUT2D eigenvalue weighted by atomic mass is 9.86. The van der Waals surface area contributed by atoms with Crippen molar-refractivity contribution in [2.24, 2.45) is 5.73 Å². The molecule has 0 bridgehead atoms. The largest absolute Gasteiger partial charge is 0.368 e. The second kappa shape index (κ2) is 9.17. The van der Waals surface area contributed by atoms with Crippen molar-refractivity contribution in [3.8, 4) is 0 Å². The lowest BCUT2D eigenvalue weighted by molar-refractivity contribution is -0.126. The van der Waals surface area contributed by atoms with Gasteiger partial charge in [0.15, 0.2) is 0 Å². The molecule has 2 aromatic carbocycles. The van der Waals surface area contributed by atoms with Crippen molar-refractivity contribution in [1.29, 1.82) is 0 Å². The van der Waals surface area contributed by atoms with Crippen LogP contribution in [0.3, 0.4) is 0 Å². The molecule has 0 heterocycles. The molecular formula is C22H27N3O3. The van der Waals surface area contributed by atoms with Crippen LogP contribution < -0.4 is 16.4 Å². The maximum Gasteiger partial charge on any atom is 0.251 e. The zero-order valence-electron chi connectivity index (χ0n) is 16.5. The highest BCUT2D eigenvalue weighted by Crippen LogP contribution is 2.22. The highest BCUT2D eigenvalue weighted by Gasteiger charge is 2.20. The molecule has 0 aliphatic heterocycles. The van der Waals surface area contributed by atoms with Gasteiger partial charge in [0.1, 0.15) is 6.04 Å². The van der Waals surface area contributed by atoms with Crippen LogP contribution in [-0.4, -0.2) is 30.3 Å². The van der Waals surface area contributed by atoms with Gasteiger partial charge in [-0.25, -0.2) is 0 Å². The van der Waals surface area contributed by atoms with E-state index >= 15 is 0 Å². The van der Waals surface area contributed by atoms with E-state index in [0.29, 0.717) is 5.56 Å². The molecule has 0 saturated carbocycles. The molecule has 6 nitrogen and oxygen atoms in total. The van der Waals surface area contributed by atoms with E-state index in [2.05, 4.69) is 31.4 Å². The second-order valence-electron chi connectivity index (χ2n) is 7.72. The van der Waals surface area contributed by atoms with Gasteiger partial charge in [0, 0.05) is 12.0 Å². The third-order valence-corrected chi connectivity index (χ3v) is 4.38. The Bertz CT molecular complexity index is 824. The van der Waals surface area contributed by atoms with Crippen LogP contribution in [0, 0.1) is 0 Å². The molecule has 0 radical (unpaired) electrons. The van der Waals surface area contributed by atoms with Crippen molar-refractivity contribution in [2.45, 2.75) is 38.6 Å². The molecule has 3 amide bonds. The maximum atomic E-state index is 12.1. The van der Waals surface area contributed by atoms with Crippen LogP contribution in [0.2, 0.25) is 0 Å². The quantitative estimate of drug-likeness (QED) is 0.683. The van der Waals surface area contributed by atoms with E-state index in [-0.39, 0.29) is 24.3 Å². The van der Waals surface area contributed by atoms with Gasteiger partial charge in [-0.05, 0) is 28.7 Å². The molecule has 0 aliphatic rings. The first-order valence-electron chi connectivity index (χ1n) is 9.18. The van der Waals surface area contributed by atoms with Gasteiger partial charge in [-0.1, -0.05) is 63.2 Å². The number of hydrogen-bond donors (Lipinski definition) is 3. The van der Waals surface area contributed by atoms with Crippen LogP contribution in [0.25, 0.3) is 0 Å². The third kappa shape index (κ3) is 6.23. The van der Waals surface area contributed by atoms with Gasteiger partial charge in [-0.2, -0.15) is 0 Å². The third-order valence-electron chi connectivity index (χ3n) is 4.38. The minimum atomic E-state index is -0.846. The lowest BCUT2D eigenvalue weighted by Crippen LogP contribution is -2.49. The first kappa shape index (κ1) is 21.2. The first-order valence-corrected chi connectivity index (χ1v) is 9.18. The molecule has 6 heteroatoms. The van der Waals surface area contributed by atoms with Crippen molar-refractivity contribution in [2.75, 3.05) is 6.54 Å². The molecular weight excluding hydrogens is 354 g/mol. The van der Waals surface area contributed by atoms with E-state index in [0.717, 1.165) is 5.56 Å². The predicted octanol–water partition coefficient (Wildman–Crippen LogP) is 1.93. The fourth-order valence-electron chi connectivity index (χ4n) is 2.70. The fourth-order valence-corrected chi connectivity index (χ4v) is 2.70. The fraction of sp³-hybridized carbons (Fsp3) is 0.318. The summed E-state index contributed by atoms with van der Waals surface area (Å²) < 4.78 is 0. The molecule has 2 aromatic rings. The molecule has 0 spiro atoms. The number of primary amides is 1. The highest BCUT2D eigenvalue weighted by molar-refractivity contribution is 5.97. The minimum absolute atomic E-state index is 0.0345. The summed E-state index contributed by atoms with van der Waals surface area (Å²) in [6, 6.07) is 15.6. The van der Waals surface area contributed by atoms with Crippen molar-refractivity contribution in [3.63, 3.8) is 0 Å². The highest BCUT2D eigenvalue weighted by atomic mass is 16.2. The molecule has 1 atom stereocenters. The Balaban J connectivity index is 1.92. The summed E-state index contributed by atoms with van der Waals surface area (Å²) >= 11 is 0. The van der Waals surface area contributed by atoms with Gasteiger partial charge in [0.05, 0.1) is 6.54 Å². The van der Waals surface area contributed by atoms with E-state index in [1.165, 1.54) is 5.56 Å². The molecule has 4 N–H and O–H groups in total. The standard InChI is InChI=1S/C22H27N3O3/c1-22(2,3)17-11-9-15(10-12-17)13-18(20(23)27)25-19(26)14-24-21(28)16-7-5-4-6-8-16/h4-12,18H,13-14H2,1-3H3,(H2,23,27)(H,24,28)(H,25,26)/t18-/m0/s1. The lowest BCUT2D eigenvalue weighted by Gasteiger charge is -2.20. The number of nitrogens with two attached hydrogens (primary N) is 1. The van der Waals surface area contributed by atoms with E-state index in [4.69, 9.17) is 5.73 Å². The number of amides is 3. The zero-order chi connectivity index (χ0) is 20.7. The van der Waals surface area contributed by atoms with E-state index in [9.17, 15) is 14.4 Å². The summed E-state index contributed by atoms with van der Waals surface area (Å²) in [5.41, 5.74) is 8.01. The van der Waals surface area contributed by atoms with Gasteiger partial charge in [0.2, 0.25) is 11.8 Å². The van der Waals surface area contributed by atoms with E-state index < -0.39 is 17.9 Å². The average Bonchev–Trinajstić information content (AvgIpc) is 2.66. The molecule has 0 aromatic heterocycles.